The van der Waals surface area contributed by atoms with Crippen molar-refractivity contribution in [2.75, 3.05) is 11.9 Å². The van der Waals surface area contributed by atoms with Gasteiger partial charge in [-0.1, -0.05) is 18.5 Å². The van der Waals surface area contributed by atoms with Crippen molar-refractivity contribution in [3.63, 3.8) is 0 Å². The van der Waals surface area contributed by atoms with Crippen LogP contribution in [0.2, 0.25) is 5.02 Å². The molecule has 0 saturated heterocycles. The number of phenols is 1. The van der Waals surface area contributed by atoms with Crippen molar-refractivity contribution in [3.05, 3.63) is 44.8 Å². The third-order valence-electron chi connectivity index (χ3n) is 4.39. The second kappa shape index (κ2) is 7.99. The summed E-state index contributed by atoms with van der Waals surface area (Å²) in [5, 5.41) is 22.6. The van der Waals surface area contributed by atoms with Crippen molar-refractivity contribution in [1.29, 1.82) is 5.26 Å². The lowest BCUT2D eigenvalue weighted by molar-refractivity contribution is -0.119. The Morgan fingerprint density at radius 3 is 3.00 bits per heavy atom. The SMILES string of the molecule is C[C@@H]1CCc2c(sc(NC(=O)COC(=O)c3cc(Cl)ccc3O)c2C#N)C1. The fourth-order valence-electron chi connectivity index (χ4n) is 3.00. The van der Waals surface area contributed by atoms with Crippen molar-refractivity contribution in [2.45, 2.75) is 26.2 Å². The number of anilines is 1. The first kappa shape index (κ1) is 19.2. The summed E-state index contributed by atoms with van der Waals surface area (Å²) in [4.78, 5) is 25.3. The van der Waals surface area contributed by atoms with Gasteiger partial charge < -0.3 is 15.2 Å². The number of hydrogen-bond acceptors (Lipinski definition) is 6. The van der Waals surface area contributed by atoms with Gasteiger partial charge in [-0.2, -0.15) is 5.26 Å². The van der Waals surface area contributed by atoms with Gasteiger partial charge in [-0.15, -0.1) is 11.3 Å². The first-order valence-corrected chi connectivity index (χ1v) is 9.58. The predicted molar refractivity (Wildman–Crippen MR) is 102 cm³/mol. The van der Waals surface area contributed by atoms with Crippen LogP contribution in [0.5, 0.6) is 5.75 Å². The number of benzene rings is 1. The van der Waals surface area contributed by atoms with Gasteiger partial charge in [0.15, 0.2) is 6.61 Å². The van der Waals surface area contributed by atoms with Crippen LogP contribution in [-0.4, -0.2) is 23.6 Å². The molecule has 1 aromatic heterocycles. The number of nitriles is 1. The van der Waals surface area contributed by atoms with Crippen LogP contribution in [0.4, 0.5) is 5.00 Å². The smallest absolute Gasteiger partial charge is 0.342 e. The number of phenolic OH excluding ortho intramolecular Hbond substituents is 1. The van der Waals surface area contributed by atoms with Gasteiger partial charge in [0.1, 0.15) is 22.4 Å². The van der Waals surface area contributed by atoms with Gasteiger partial charge in [-0.05, 0) is 48.9 Å². The molecule has 1 aromatic carbocycles. The van der Waals surface area contributed by atoms with Gasteiger partial charge >= 0.3 is 5.97 Å². The highest BCUT2D eigenvalue weighted by Gasteiger charge is 2.25. The second-order valence-electron chi connectivity index (χ2n) is 6.45. The molecule has 0 saturated carbocycles. The zero-order valence-corrected chi connectivity index (χ0v) is 16.1. The van der Waals surface area contributed by atoms with E-state index in [1.165, 1.54) is 29.5 Å². The normalized spacial score (nSPS) is 15.5. The topological polar surface area (TPSA) is 99.4 Å². The van der Waals surface area contributed by atoms with E-state index in [4.69, 9.17) is 16.3 Å². The average molecular weight is 405 g/mol. The quantitative estimate of drug-likeness (QED) is 0.753. The predicted octanol–water partition coefficient (Wildman–Crippen LogP) is 3.90. The molecule has 0 unspecified atom stereocenters. The van der Waals surface area contributed by atoms with Crippen LogP contribution in [0.25, 0.3) is 0 Å². The fourth-order valence-corrected chi connectivity index (χ4v) is 4.55. The van der Waals surface area contributed by atoms with E-state index in [2.05, 4.69) is 18.3 Å². The summed E-state index contributed by atoms with van der Waals surface area (Å²) >= 11 is 7.20. The molecule has 27 heavy (non-hydrogen) atoms. The summed E-state index contributed by atoms with van der Waals surface area (Å²) in [5.41, 5.74) is 1.39. The molecule has 1 heterocycles. The molecule has 2 N–H and O–H groups in total. The van der Waals surface area contributed by atoms with E-state index in [0.717, 1.165) is 29.7 Å². The Labute approximate surface area is 165 Å². The Balaban J connectivity index is 1.66. The number of aromatic hydroxyl groups is 1. The van der Waals surface area contributed by atoms with E-state index in [0.29, 0.717) is 16.5 Å². The van der Waals surface area contributed by atoms with E-state index >= 15 is 0 Å². The highest BCUT2D eigenvalue weighted by atomic mass is 35.5. The molecule has 1 amide bonds. The molecule has 2 aromatic rings. The number of ether oxygens (including phenoxy) is 1. The maximum Gasteiger partial charge on any atom is 0.342 e. The van der Waals surface area contributed by atoms with Crippen LogP contribution in [0.15, 0.2) is 18.2 Å². The van der Waals surface area contributed by atoms with Crippen molar-refractivity contribution < 1.29 is 19.4 Å². The van der Waals surface area contributed by atoms with Gasteiger partial charge in [-0.3, -0.25) is 4.79 Å². The molecule has 1 aliphatic rings. The molecule has 1 aliphatic carbocycles. The van der Waals surface area contributed by atoms with Gasteiger partial charge in [-0.25, -0.2) is 4.79 Å². The van der Waals surface area contributed by atoms with Crippen LogP contribution in [0.3, 0.4) is 0 Å². The number of thiophene rings is 1. The van der Waals surface area contributed by atoms with Gasteiger partial charge in [0, 0.05) is 9.90 Å². The Morgan fingerprint density at radius 1 is 1.48 bits per heavy atom. The number of fused-ring (bicyclic) bond motifs is 1. The molecule has 0 spiro atoms. The minimum absolute atomic E-state index is 0.117. The van der Waals surface area contributed by atoms with E-state index < -0.39 is 18.5 Å². The van der Waals surface area contributed by atoms with Crippen LogP contribution >= 0.6 is 22.9 Å². The fraction of sp³-hybridized carbons (Fsp3) is 0.316. The summed E-state index contributed by atoms with van der Waals surface area (Å²) in [6.07, 6.45) is 2.74. The van der Waals surface area contributed by atoms with E-state index in [-0.39, 0.29) is 16.3 Å². The standard InChI is InChI=1S/C19H17ClN2O4S/c1-10-2-4-12-14(8-21)18(27-16(12)6-10)22-17(24)9-26-19(25)13-7-11(20)3-5-15(13)23/h3,5,7,10,23H,2,4,6,9H2,1H3,(H,22,24)/t10-/m1/s1. The molecule has 0 fully saturated rings. The number of nitrogens with zero attached hydrogens (tertiary/aromatic N) is 1. The minimum atomic E-state index is -0.857. The second-order valence-corrected chi connectivity index (χ2v) is 8.00. The molecular weight excluding hydrogens is 388 g/mol. The molecule has 0 bridgehead atoms. The largest absolute Gasteiger partial charge is 0.507 e. The Kier molecular flexibility index (Phi) is 5.68. The number of halogens is 1. The van der Waals surface area contributed by atoms with Gasteiger partial charge in [0.2, 0.25) is 0 Å². The lowest BCUT2D eigenvalue weighted by atomic mass is 9.89. The third-order valence-corrected chi connectivity index (χ3v) is 5.79. The Morgan fingerprint density at radius 2 is 2.26 bits per heavy atom. The lowest BCUT2D eigenvalue weighted by Gasteiger charge is -2.17. The monoisotopic (exact) mass is 404 g/mol. The summed E-state index contributed by atoms with van der Waals surface area (Å²) in [6.45, 7) is 1.63. The summed E-state index contributed by atoms with van der Waals surface area (Å²) in [6, 6.07) is 6.14. The van der Waals surface area contributed by atoms with Crippen molar-refractivity contribution in [3.8, 4) is 11.8 Å². The van der Waals surface area contributed by atoms with Crippen molar-refractivity contribution in [1.82, 2.24) is 0 Å². The number of carbonyl (C=O) groups excluding carboxylic acids is 2. The number of esters is 1. The van der Waals surface area contributed by atoms with Crippen LogP contribution < -0.4 is 5.32 Å². The lowest BCUT2D eigenvalue weighted by Crippen LogP contribution is -2.21. The van der Waals surface area contributed by atoms with Gasteiger partial charge in [0.25, 0.3) is 5.91 Å². The molecule has 0 radical (unpaired) electrons. The molecule has 140 valence electrons. The number of rotatable bonds is 4. The number of nitrogens with one attached hydrogen (secondary N) is 1. The van der Waals surface area contributed by atoms with E-state index in [9.17, 15) is 20.0 Å². The van der Waals surface area contributed by atoms with E-state index in [1.54, 1.807) is 0 Å². The highest BCUT2D eigenvalue weighted by Crippen LogP contribution is 2.39. The van der Waals surface area contributed by atoms with Crippen LogP contribution in [0.1, 0.15) is 39.7 Å². The van der Waals surface area contributed by atoms with Crippen LogP contribution in [0, 0.1) is 17.2 Å². The zero-order chi connectivity index (χ0) is 19.6. The summed E-state index contributed by atoms with van der Waals surface area (Å²) in [7, 11) is 0. The van der Waals surface area contributed by atoms with Crippen molar-refractivity contribution in [2.24, 2.45) is 5.92 Å². The molecule has 8 heteroatoms. The maximum atomic E-state index is 12.2. The van der Waals surface area contributed by atoms with Gasteiger partial charge in [0.05, 0.1) is 5.56 Å². The number of hydrogen-bond donors (Lipinski definition) is 2. The third kappa shape index (κ3) is 4.24. The molecule has 3 rings (SSSR count). The zero-order valence-electron chi connectivity index (χ0n) is 14.5. The molecule has 1 atom stereocenters. The summed E-state index contributed by atoms with van der Waals surface area (Å²) in [5.74, 6) is -1.13. The minimum Gasteiger partial charge on any atom is -0.507 e. The van der Waals surface area contributed by atoms with Crippen molar-refractivity contribution >= 4 is 39.8 Å². The highest BCUT2D eigenvalue weighted by molar-refractivity contribution is 7.16. The Hall–Kier alpha value is -2.56. The summed E-state index contributed by atoms with van der Waals surface area (Å²) < 4.78 is 4.94. The van der Waals surface area contributed by atoms with E-state index in [1.807, 2.05) is 0 Å². The maximum absolute atomic E-state index is 12.2. The first-order valence-electron chi connectivity index (χ1n) is 8.39. The Bertz CT molecular complexity index is 948. The average Bonchev–Trinajstić information content (AvgIpc) is 2.97. The number of amides is 1. The molecule has 6 nitrogen and oxygen atoms in total. The number of carbonyl (C=O) groups is 2. The van der Waals surface area contributed by atoms with Crippen LogP contribution in [-0.2, 0) is 22.4 Å². The molecular formula is C19H17ClN2O4S. The molecule has 0 aliphatic heterocycles. The first-order chi connectivity index (χ1) is 12.9.